The first-order valence-electron chi connectivity index (χ1n) is 5.85. The minimum Gasteiger partial charge on any atom is -0.389 e. The van der Waals surface area contributed by atoms with Crippen molar-refractivity contribution in [3.05, 3.63) is 29.3 Å². The van der Waals surface area contributed by atoms with Crippen LogP contribution in [-0.4, -0.2) is 55.7 Å². The Labute approximate surface area is 118 Å². The molecular formula is C13H20ClNO2S. The fourth-order valence-corrected chi connectivity index (χ4v) is 2.64. The van der Waals surface area contributed by atoms with Crippen LogP contribution < -0.4 is 0 Å². The molecule has 1 unspecified atom stereocenters. The van der Waals surface area contributed by atoms with Crippen LogP contribution in [0.1, 0.15) is 0 Å². The van der Waals surface area contributed by atoms with Crippen LogP contribution in [0.3, 0.4) is 0 Å². The smallest absolute Gasteiger partial charge is 0.0899 e. The number of hydrogen-bond acceptors (Lipinski definition) is 4. The molecule has 0 bridgehead atoms. The number of benzene rings is 1. The molecule has 5 heteroatoms. The lowest BCUT2D eigenvalue weighted by atomic mass is 10.3. The molecule has 0 radical (unpaired) electrons. The molecule has 1 rings (SSSR count). The van der Waals surface area contributed by atoms with Gasteiger partial charge in [-0.25, -0.2) is 0 Å². The summed E-state index contributed by atoms with van der Waals surface area (Å²) in [7, 11) is 3.60. The molecule has 0 heterocycles. The third kappa shape index (κ3) is 6.61. The summed E-state index contributed by atoms with van der Waals surface area (Å²) < 4.78 is 4.90. The lowest BCUT2D eigenvalue weighted by Gasteiger charge is -2.19. The van der Waals surface area contributed by atoms with Gasteiger partial charge in [-0.15, -0.1) is 11.8 Å². The number of aliphatic hydroxyl groups is 1. The van der Waals surface area contributed by atoms with Gasteiger partial charge in [0.05, 0.1) is 12.7 Å². The van der Waals surface area contributed by atoms with Gasteiger partial charge in [0.15, 0.2) is 0 Å². The van der Waals surface area contributed by atoms with E-state index in [0.717, 1.165) is 17.3 Å². The second-order valence-electron chi connectivity index (χ2n) is 4.17. The Morgan fingerprint density at radius 1 is 1.39 bits per heavy atom. The lowest BCUT2D eigenvalue weighted by molar-refractivity contribution is 0.0445. The van der Waals surface area contributed by atoms with Gasteiger partial charge >= 0.3 is 0 Å². The van der Waals surface area contributed by atoms with Crippen LogP contribution in [0.2, 0.25) is 5.02 Å². The zero-order chi connectivity index (χ0) is 13.4. The van der Waals surface area contributed by atoms with Crippen molar-refractivity contribution in [2.75, 3.05) is 39.6 Å². The van der Waals surface area contributed by atoms with Gasteiger partial charge in [-0.05, 0) is 31.3 Å². The van der Waals surface area contributed by atoms with Crippen LogP contribution in [0.25, 0.3) is 0 Å². The molecule has 0 aliphatic rings. The molecule has 0 saturated heterocycles. The van der Waals surface area contributed by atoms with Gasteiger partial charge in [0.25, 0.3) is 0 Å². The van der Waals surface area contributed by atoms with Crippen LogP contribution >= 0.6 is 23.4 Å². The van der Waals surface area contributed by atoms with Gasteiger partial charge in [0.2, 0.25) is 0 Å². The van der Waals surface area contributed by atoms with Crippen molar-refractivity contribution in [1.82, 2.24) is 4.90 Å². The van der Waals surface area contributed by atoms with Crippen molar-refractivity contribution in [3.8, 4) is 0 Å². The molecule has 0 aliphatic heterocycles. The number of aliphatic hydroxyl groups excluding tert-OH is 1. The van der Waals surface area contributed by atoms with Gasteiger partial charge in [-0.2, -0.15) is 0 Å². The molecule has 0 amide bonds. The summed E-state index contributed by atoms with van der Waals surface area (Å²) in [5.74, 6) is 0.984. The van der Waals surface area contributed by atoms with Crippen molar-refractivity contribution in [2.45, 2.75) is 11.0 Å². The SMILES string of the molecule is COCC(O)CN(C)CCSc1ccc(Cl)cc1. The van der Waals surface area contributed by atoms with Crippen molar-refractivity contribution >= 4 is 23.4 Å². The van der Waals surface area contributed by atoms with Crippen LogP contribution in [0.5, 0.6) is 0 Å². The number of halogens is 1. The molecule has 1 atom stereocenters. The summed E-state index contributed by atoms with van der Waals surface area (Å²) in [5.41, 5.74) is 0. The van der Waals surface area contributed by atoms with Crippen LogP contribution in [0.15, 0.2) is 29.2 Å². The Bertz CT molecular complexity index is 334. The minimum absolute atomic E-state index is 0.384. The Balaban J connectivity index is 2.18. The number of rotatable bonds is 8. The molecule has 102 valence electrons. The summed E-state index contributed by atoms with van der Waals surface area (Å²) in [4.78, 5) is 3.32. The van der Waals surface area contributed by atoms with Gasteiger partial charge in [0, 0.05) is 35.9 Å². The molecule has 1 aromatic carbocycles. The van der Waals surface area contributed by atoms with Crippen LogP contribution in [0.4, 0.5) is 0 Å². The number of ether oxygens (including phenoxy) is 1. The maximum absolute atomic E-state index is 9.58. The van der Waals surface area contributed by atoms with Gasteiger partial charge < -0.3 is 14.7 Å². The van der Waals surface area contributed by atoms with Crippen molar-refractivity contribution in [3.63, 3.8) is 0 Å². The number of hydrogen-bond donors (Lipinski definition) is 1. The third-order valence-corrected chi connectivity index (χ3v) is 3.68. The molecule has 18 heavy (non-hydrogen) atoms. The topological polar surface area (TPSA) is 32.7 Å². The largest absolute Gasteiger partial charge is 0.389 e. The van der Waals surface area contributed by atoms with Gasteiger partial charge in [-0.3, -0.25) is 0 Å². The van der Waals surface area contributed by atoms with E-state index in [2.05, 4.69) is 4.90 Å². The second kappa shape index (κ2) is 8.77. The zero-order valence-electron chi connectivity index (χ0n) is 10.8. The first kappa shape index (κ1) is 15.8. The molecular weight excluding hydrogens is 270 g/mol. The predicted molar refractivity (Wildman–Crippen MR) is 77.6 cm³/mol. The summed E-state index contributed by atoms with van der Waals surface area (Å²) in [6.45, 7) is 1.94. The van der Waals surface area contributed by atoms with Gasteiger partial charge in [-0.1, -0.05) is 11.6 Å². The fourth-order valence-electron chi connectivity index (χ4n) is 1.55. The second-order valence-corrected chi connectivity index (χ2v) is 5.78. The third-order valence-electron chi connectivity index (χ3n) is 2.44. The Morgan fingerprint density at radius 3 is 2.67 bits per heavy atom. The average Bonchev–Trinajstić information content (AvgIpc) is 2.32. The Hall–Kier alpha value is -0.260. The predicted octanol–water partition coefficient (Wildman–Crippen LogP) is 2.37. The average molecular weight is 290 g/mol. The van der Waals surface area contributed by atoms with E-state index in [9.17, 15) is 5.11 Å². The number of likely N-dealkylation sites (N-methyl/N-ethyl adjacent to an activating group) is 1. The van der Waals surface area contributed by atoms with Crippen molar-refractivity contribution in [2.24, 2.45) is 0 Å². The highest BCUT2D eigenvalue weighted by atomic mass is 35.5. The van der Waals surface area contributed by atoms with Crippen LogP contribution in [0, 0.1) is 0 Å². The molecule has 0 saturated carbocycles. The van der Waals surface area contributed by atoms with Crippen molar-refractivity contribution in [1.29, 1.82) is 0 Å². The Morgan fingerprint density at radius 2 is 2.06 bits per heavy atom. The highest BCUT2D eigenvalue weighted by molar-refractivity contribution is 7.99. The lowest BCUT2D eigenvalue weighted by Crippen LogP contribution is -2.33. The zero-order valence-corrected chi connectivity index (χ0v) is 12.4. The number of nitrogens with zero attached hydrogens (tertiary/aromatic N) is 1. The van der Waals surface area contributed by atoms with E-state index in [1.807, 2.05) is 31.3 Å². The first-order valence-corrected chi connectivity index (χ1v) is 7.22. The van der Waals surface area contributed by atoms with E-state index < -0.39 is 6.10 Å². The first-order chi connectivity index (χ1) is 8.61. The Kier molecular flexibility index (Phi) is 7.70. The molecule has 0 aliphatic carbocycles. The van der Waals surface area contributed by atoms with E-state index in [4.69, 9.17) is 16.3 Å². The van der Waals surface area contributed by atoms with Crippen LogP contribution in [-0.2, 0) is 4.74 Å². The number of methoxy groups -OCH3 is 1. The van der Waals surface area contributed by atoms with E-state index in [1.54, 1.807) is 18.9 Å². The molecule has 1 aromatic rings. The molecule has 3 nitrogen and oxygen atoms in total. The van der Waals surface area contributed by atoms with Gasteiger partial charge in [0.1, 0.15) is 0 Å². The highest BCUT2D eigenvalue weighted by Gasteiger charge is 2.07. The maximum Gasteiger partial charge on any atom is 0.0899 e. The summed E-state index contributed by atoms with van der Waals surface area (Å²) >= 11 is 7.61. The maximum atomic E-state index is 9.58. The minimum atomic E-state index is -0.416. The van der Waals surface area contributed by atoms with E-state index in [0.29, 0.717) is 13.2 Å². The standard InChI is InChI=1S/C13H20ClNO2S/c1-15(9-12(16)10-17-2)7-8-18-13-5-3-11(14)4-6-13/h3-6,12,16H,7-10H2,1-2H3. The monoisotopic (exact) mass is 289 g/mol. The van der Waals surface area contributed by atoms with Crippen molar-refractivity contribution < 1.29 is 9.84 Å². The number of thioether (sulfide) groups is 1. The van der Waals surface area contributed by atoms with E-state index in [-0.39, 0.29) is 0 Å². The van der Waals surface area contributed by atoms with E-state index >= 15 is 0 Å². The normalized spacial score (nSPS) is 12.9. The fraction of sp³-hybridized carbons (Fsp3) is 0.538. The summed E-state index contributed by atoms with van der Waals surface area (Å²) in [5, 5.41) is 10.3. The van der Waals surface area contributed by atoms with E-state index in [1.165, 1.54) is 4.90 Å². The highest BCUT2D eigenvalue weighted by Crippen LogP contribution is 2.20. The summed E-state index contributed by atoms with van der Waals surface area (Å²) in [6.07, 6.45) is -0.416. The quantitative estimate of drug-likeness (QED) is 0.745. The summed E-state index contributed by atoms with van der Waals surface area (Å²) in [6, 6.07) is 7.84. The molecule has 0 aromatic heterocycles. The molecule has 1 N–H and O–H groups in total. The molecule has 0 fully saturated rings. The molecule has 0 spiro atoms.